The lowest BCUT2D eigenvalue weighted by molar-refractivity contribution is -0.144. The molecule has 0 unspecified atom stereocenters. The molecule has 0 radical (unpaired) electrons. The summed E-state index contributed by atoms with van der Waals surface area (Å²) in [5.41, 5.74) is 2.45. The van der Waals surface area contributed by atoms with Gasteiger partial charge < -0.3 is 4.74 Å². The normalized spacial score (nSPS) is 10.5. The van der Waals surface area contributed by atoms with Gasteiger partial charge in [-0.05, 0) is 26.5 Å². The molecule has 3 nitrogen and oxygen atoms in total. The van der Waals surface area contributed by atoms with Crippen LogP contribution in [0.3, 0.4) is 0 Å². The van der Waals surface area contributed by atoms with Gasteiger partial charge in [0.2, 0.25) is 0 Å². The maximum absolute atomic E-state index is 11.2. The lowest BCUT2D eigenvalue weighted by Gasteiger charge is -2.15. The van der Waals surface area contributed by atoms with Gasteiger partial charge in [0.1, 0.15) is 0 Å². The first-order valence-electron chi connectivity index (χ1n) is 5.51. The molecule has 0 fully saturated rings. The summed E-state index contributed by atoms with van der Waals surface area (Å²) in [6, 6.07) is 8.29. The summed E-state index contributed by atoms with van der Waals surface area (Å²) in [5, 5.41) is 0. The maximum atomic E-state index is 11.2. The van der Waals surface area contributed by atoms with E-state index in [1.165, 1.54) is 11.1 Å². The predicted molar refractivity (Wildman–Crippen MR) is 64.1 cm³/mol. The Balaban J connectivity index is 2.45. The summed E-state index contributed by atoms with van der Waals surface area (Å²) < 4.78 is 4.89. The molecule has 0 aliphatic heterocycles. The Labute approximate surface area is 97.0 Å². The number of hydrogen-bond donors (Lipinski definition) is 0. The van der Waals surface area contributed by atoms with E-state index in [9.17, 15) is 4.79 Å². The van der Waals surface area contributed by atoms with E-state index in [1.807, 2.05) is 24.9 Å². The SMILES string of the molecule is CCOC(=O)CN(C)Cc1cccc(C)c1. The summed E-state index contributed by atoms with van der Waals surface area (Å²) in [7, 11) is 1.92. The summed E-state index contributed by atoms with van der Waals surface area (Å²) in [6.07, 6.45) is 0. The van der Waals surface area contributed by atoms with E-state index in [0.717, 1.165) is 6.54 Å². The van der Waals surface area contributed by atoms with Gasteiger partial charge in [-0.2, -0.15) is 0 Å². The molecule has 0 saturated carbocycles. The van der Waals surface area contributed by atoms with Gasteiger partial charge in [-0.1, -0.05) is 29.8 Å². The monoisotopic (exact) mass is 221 g/mol. The van der Waals surface area contributed by atoms with Crippen LogP contribution >= 0.6 is 0 Å². The second kappa shape index (κ2) is 6.28. The lowest BCUT2D eigenvalue weighted by Crippen LogP contribution is -2.27. The molecule has 88 valence electrons. The zero-order chi connectivity index (χ0) is 12.0. The number of likely N-dealkylation sites (N-methyl/N-ethyl adjacent to an activating group) is 1. The van der Waals surface area contributed by atoms with Gasteiger partial charge in [0.25, 0.3) is 0 Å². The van der Waals surface area contributed by atoms with Gasteiger partial charge in [0.05, 0.1) is 13.2 Å². The van der Waals surface area contributed by atoms with Crippen LogP contribution in [0.15, 0.2) is 24.3 Å². The number of hydrogen-bond acceptors (Lipinski definition) is 3. The van der Waals surface area contributed by atoms with Crippen LogP contribution in [0, 0.1) is 6.92 Å². The van der Waals surface area contributed by atoms with Crippen molar-refractivity contribution in [1.82, 2.24) is 4.90 Å². The minimum Gasteiger partial charge on any atom is -0.465 e. The lowest BCUT2D eigenvalue weighted by atomic mass is 10.1. The van der Waals surface area contributed by atoms with Gasteiger partial charge >= 0.3 is 5.97 Å². The third-order valence-corrected chi connectivity index (χ3v) is 2.24. The molecule has 0 heterocycles. The highest BCUT2D eigenvalue weighted by Crippen LogP contribution is 2.06. The van der Waals surface area contributed by atoms with Crippen LogP contribution in [-0.4, -0.2) is 31.1 Å². The summed E-state index contributed by atoms with van der Waals surface area (Å²) >= 11 is 0. The number of carbonyl (C=O) groups is 1. The fourth-order valence-corrected chi connectivity index (χ4v) is 1.61. The number of nitrogens with zero attached hydrogens (tertiary/aromatic N) is 1. The average molecular weight is 221 g/mol. The Morgan fingerprint density at radius 3 is 2.81 bits per heavy atom. The Morgan fingerprint density at radius 2 is 2.19 bits per heavy atom. The smallest absolute Gasteiger partial charge is 0.320 e. The van der Waals surface area contributed by atoms with Gasteiger partial charge in [-0.15, -0.1) is 0 Å². The number of benzene rings is 1. The molecule has 1 aromatic carbocycles. The van der Waals surface area contributed by atoms with Crippen LogP contribution < -0.4 is 0 Å². The summed E-state index contributed by atoms with van der Waals surface area (Å²) in [5.74, 6) is -0.169. The molecule has 0 spiro atoms. The maximum Gasteiger partial charge on any atom is 0.320 e. The zero-order valence-electron chi connectivity index (χ0n) is 10.2. The molecule has 0 amide bonds. The molecule has 1 rings (SSSR count). The van der Waals surface area contributed by atoms with Crippen molar-refractivity contribution < 1.29 is 9.53 Å². The van der Waals surface area contributed by atoms with E-state index in [1.54, 1.807) is 0 Å². The Hall–Kier alpha value is -1.35. The molecule has 0 aliphatic carbocycles. The minimum absolute atomic E-state index is 0.169. The van der Waals surface area contributed by atoms with Crippen LogP contribution in [-0.2, 0) is 16.1 Å². The topological polar surface area (TPSA) is 29.5 Å². The third kappa shape index (κ3) is 4.45. The molecular formula is C13H19NO2. The minimum atomic E-state index is -0.169. The van der Waals surface area contributed by atoms with Gasteiger partial charge in [-0.25, -0.2) is 0 Å². The molecule has 0 bridgehead atoms. The van der Waals surface area contributed by atoms with Gasteiger partial charge in [0, 0.05) is 6.54 Å². The molecule has 1 aromatic rings. The molecule has 0 aliphatic rings. The van der Waals surface area contributed by atoms with E-state index >= 15 is 0 Å². The second-order valence-corrected chi connectivity index (χ2v) is 3.97. The van der Waals surface area contributed by atoms with Crippen molar-refractivity contribution in [2.45, 2.75) is 20.4 Å². The van der Waals surface area contributed by atoms with Crippen molar-refractivity contribution in [3.63, 3.8) is 0 Å². The first-order valence-corrected chi connectivity index (χ1v) is 5.51. The third-order valence-electron chi connectivity index (χ3n) is 2.24. The highest BCUT2D eigenvalue weighted by Gasteiger charge is 2.07. The Bertz CT molecular complexity index is 350. The second-order valence-electron chi connectivity index (χ2n) is 3.97. The standard InChI is InChI=1S/C13H19NO2/c1-4-16-13(15)10-14(3)9-12-7-5-6-11(2)8-12/h5-8H,4,9-10H2,1-3H3. The van der Waals surface area contributed by atoms with E-state index in [4.69, 9.17) is 4.74 Å². The van der Waals surface area contributed by atoms with Crippen molar-refractivity contribution in [2.24, 2.45) is 0 Å². The molecule has 0 N–H and O–H groups in total. The molecule has 0 saturated heterocycles. The average Bonchev–Trinajstić information content (AvgIpc) is 2.17. The number of rotatable bonds is 5. The van der Waals surface area contributed by atoms with E-state index < -0.39 is 0 Å². The van der Waals surface area contributed by atoms with Crippen LogP contribution in [0.5, 0.6) is 0 Å². The Kier molecular flexibility index (Phi) is 4.99. The zero-order valence-corrected chi connectivity index (χ0v) is 10.2. The first kappa shape index (κ1) is 12.7. The molecule has 16 heavy (non-hydrogen) atoms. The number of esters is 1. The van der Waals surface area contributed by atoms with Crippen LogP contribution in [0.2, 0.25) is 0 Å². The predicted octanol–water partition coefficient (Wildman–Crippen LogP) is 1.99. The first-order chi connectivity index (χ1) is 7.61. The Morgan fingerprint density at radius 1 is 1.44 bits per heavy atom. The fourth-order valence-electron chi connectivity index (χ4n) is 1.61. The van der Waals surface area contributed by atoms with Crippen LogP contribution in [0.4, 0.5) is 0 Å². The number of carbonyl (C=O) groups excluding carboxylic acids is 1. The molecule has 0 aromatic heterocycles. The quantitative estimate of drug-likeness (QED) is 0.712. The van der Waals surface area contributed by atoms with Crippen molar-refractivity contribution in [3.05, 3.63) is 35.4 Å². The van der Waals surface area contributed by atoms with E-state index in [-0.39, 0.29) is 5.97 Å². The van der Waals surface area contributed by atoms with Crippen molar-refractivity contribution in [3.8, 4) is 0 Å². The van der Waals surface area contributed by atoms with Gasteiger partial charge in [-0.3, -0.25) is 9.69 Å². The summed E-state index contributed by atoms with van der Waals surface area (Å²) in [6.45, 7) is 5.42. The fraction of sp³-hybridized carbons (Fsp3) is 0.462. The van der Waals surface area contributed by atoms with E-state index in [2.05, 4.69) is 25.1 Å². The molecule has 3 heteroatoms. The van der Waals surface area contributed by atoms with Gasteiger partial charge in [0.15, 0.2) is 0 Å². The number of ether oxygens (including phenoxy) is 1. The summed E-state index contributed by atoms with van der Waals surface area (Å²) in [4.78, 5) is 13.2. The molecule has 0 atom stereocenters. The largest absolute Gasteiger partial charge is 0.465 e. The van der Waals surface area contributed by atoms with Crippen molar-refractivity contribution in [1.29, 1.82) is 0 Å². The van der Waals surface area contributed by atoms with Crippen molar-refractivity contribution in [2.75, 3.05) is 20.2 Å². The highest BCUT2D eigenvalue weighted by molar-refractivity contribution is 5.71. The van der Waals surface area contributed by atoms with E-state index in [0.29, 0.717) is 13.2 Å². The van der Waals surface area contributed by atoms with Crippen molar-refractivity contribution >= 4 is 5.97 Å². The van der Waals surface area contributed by atoms with Crippen LogP contribution in [0.1, 0.15) is 18.1 Å². The van der Waals surface area contributed by atoms with Crippen LogP contribution in [0.25, 0.3) is 0 Å². The molecular weight excluding hydrogens is 202 g/mol. The number of aryl methyl sites for hydroxylation is 1. The highest BCUT2D eigenvalue weighted by atomic mass is 16.5.